The molecule has 0 fully saturated rings. The van der Waals surface area contributed by atoms with Crippen molar-refractivity contribution in [2.45, 2.75) is 18.9 Å². The molecule has 0 aliphatic heterocycles. The molecule has 0 saturated carbocycles. The van der Waals surface area contributed by atoms with E-state index in [-0.39, 0.29) is 6.07 Å². The quantitative estimate of drug-likeness (QED) is 0.771. The molecule has 0 unspecified atom stereocenters. The molecule has 8 heteroatoms. The van der Waals surface area contributed by atoms with Gasteiger partial charge in [0.1, 0.15) is 5.69 Å². The number of pyridine rings is 1. The topological polar surface area (TPSA) is 38.9 Å². The van der Waals surface area contributed by atoms with Crippen molar-refractivity contribution in [3.8, 4) is 0 Å². The number of nitrogens with zero attached hydrogens (tertiary/aromatic N) is 1. The largest absolute Gasteiger partial charge is 0.433 e. The highest BCUT2D eigenvalue weighted by atomic mass is 19.4. The zero-order chi connectivity index (χ0) is 12.6. The van der Waals surface area contributed by atoms with Gasteiger partial charge in [-0.15, -0.1) is 0 Å². The summed E-state index contributed by atoms with van der Waals surface area (Å²) in [6, 6.07) is 0.453. The molecule has 1 heterocycles. The van der Waals surface area contributed by atoms with Crippen molar-refractivity contribution in [3.05, 3.63) is 29.1 Å². The van der Waals surface area contributed by atoms with E-state index in [2.05, 4.69) is 4.98 Å². The predicted molar refractivity (Wildman–Crippen MR) is 42.1 cm³/mol. The Morgan fingerprint density at radius 3 is 1.94 bits per heavy atom. The number of hydrogen-bond acceptors (Lipinski definition) is 2. The van der Waals surface area contributed by atoms with Crippen molar-refractivity contribution in [1.82, 2.24) is 4.98 Å². The Morgan fingerprint density at radius 2 is 1.56 bits per heavy atom. The van der Waals surface area contributed by atoms with Crippen LogP contribution < -0.4 is 5.73 Å². The van der Waals surface area contributed by atoms with Gasteiger partial charge >= 0.3 is 12.4 Å². The molecule has 0 aliphatic carbocycles. The summed E-state index contributed by atoms with van der Waals surface area (Å²) in [5.41, 5.74) is 1.52. The van der Waals surface area contributed by atoms with E-state index in [1.807, 2.05) is 0 Å². The molecule has 2 nitrogen and oxygen atoms in total. The number of rotatable bonds is 1. The molecule has 1 aromatic rings. The van der Waals surface area contributed by atoms with Crippen LogP contribution in [0.15, 0.2) is 12.1 Å². The number of halogens is 6. The first kappa shape index (κ1) is 12.8. The van der Waals surface area contributed by atoms with Crippen LogP contribution in [0, 0.1) is 0 Å². The first-order valence-electron chi connectivity index (χ1n) is 4.00. The van der Waals surface area contributed by atoms with Gasteiger partial charge in [-0.05, 0) is 12.1 Å². The maximum atomic E-state index is 12.2. The van der Waals surface area contributed by atoms with Gasteiger partial charge in [-0.3, -0.25) is 0 Å². The summed E-state index contributed by atoms with van der Waals surface area (Å²) in [7, 11) is 0. The van der Waals surface area contributed by atoms with Crippen LogP contribution in [0.2, 0.25) is 0 Å². The molecule has 0 radical (unpaired) electrons. The number of aromatic nitrogens is 1. The monoisotopic (exact) mass is 244 g/mol. The van der Waals surface area contributed by atoms with Crippen molar-refractivity contribution in [1.29, 1.82) is 0 Å². The number of hydrogen-bond donors (Lipinski definition) is 1. The second-order valence-electron chi connectivity index (χ2n) is 2.93. The highest BCUT2D eigenvalue weighted by Gasteiger charge is 2.37. The van der Waals surface area contributed by atoms with Gasteiger partial charge in [-0.25, -0.2) is 4.98 Å². The molecule has 1 aromatic heterocycles. The minimum Gasteiger partial charge on any atom is -0.325 e. The third kappa shape index (κ3) is 2.84. The van der Waals surface area contributed by atoms with E-state index in [0.717, 1.165) is 0 Å². The van der Waals surface area contributed by atoms with Gasteiger partial charge in [0.25, 0.3) is 0 Å². The standard InChI is InChI=1S/C8H6F6N2/c9-7(10,11)4-1-5(3-15)16-6(2-4)8(12,13)14/h1-2H,3,15H2. The highest BCUT2D eigenvalue weighted by molar-refractivity contribution is 5.25. The first-order valence-corrected chi connectivity index (χ1v) is 4.00. The summed E-state index contributed by atoms with van der Waals surface area (Å²) in [6.07, 6.45) is -9.78. The molecular weight excluding hydrogens is 238 g/mol. The second-order valence-corrected chi connectivity index (χ2v) is 2.93. The first-order chi connectivity index (χ1) is 7.14. The zero-order valence-corrected chi connectivity index (χ0v) is 7.65. The summed E-state index contributed by atoms with van der Waals surface area (Å²) in [5, 5.41) is 0. The van der Waals surface area contributed by atoms with Crippen molar-refractivity contribution in [2.24, 2.45) is 5.73 Å². The van der Waals surface area contributed by atoms with Crippen molar-refractivity contribution in [2.75, 3.05) is 0 Å². The normalized spacial score (nSPS) is 12.9. The summed E-state index contributed by atoms with van der Waals surface area (Å²) < 4.78 is 73.3. The lowest BCUT2D eigenvalue weighted by molar-refractivity contribution is -0.145. The Kier molecular flexibility index (Phi) is 3.13. The van der Waals surface area contributed by atoms with Crippen molar-refractivity contribution >= 4 is 0 Å². The molecule has 0 amide bonds. The molecule has 0 aromatic carbocycles. The summed E-state index contributed by atoms with van der Waals surface area (Å²) in [4.78, 5) is 2.99. The van der Waals surface area contributed by atoms with Gasteiger partial charge in [0.2, 0.25) is 0 Å². The van der Waals surface area contributed by atoms with Crippen LogP contribution in [0.4, 0.5) is 26.3 Å². The third-order valence-corrected chi connectivity index (χ3v) is 1.71. The Labute approximate surface area is 86.1 Å². The van der Waals surface area contributed by atoms with Gasteiger partial charge in [0, 0.05) is 6.54 Å². The highest BCUT2D eigenvalue weighted by Crippen LogP contribution is 2.34. The zero-order valence-electron chi connectivity index (χ0n) is 7.65. The molecule has 16 heavy (non-hydrogen) atoms. The number of alkyl halides is 6. The van der Waals surface area contributed by atoms with Crippen LogP contribution in [0.5, 0.6) is 0 Å². The average Bonchev–Trinajstić information content (AvgIpc) is 2.14. The van der Waals surface area contributed by atoms with Gasteiger partial charge < -0.3 is 5.73 Å². The maximum Gasteiger partial charge on any atom is 0.433 e. The van der Waals surface area contributed by atoms with E-state index in [1.165, 1.54) is 0 Å². The fraction of sp³-hybridized carbons (Fsp3) is 0.375. The van der Waals surface area contributed by atoms with Crippen molar-refractivity contribution < 1.29 is 26.3 Å². The van der Waals surface area contributed by atoms with Crippen molar-refractivity contribution in [3.63, 3.8) is 0 Å². The Bertz CT molecular complexity index is 349. The van der Waals surface area contributed by atoms with Gasteiger partial charge in [-0.1, -0.05) is 0 Å². The summed E-state index contributed by atoms with van der Waals surface area (Å²) in [6.45, 7) is -0.493. The molecule has 1 rings (SSSR count). The van der Waals surface area contributed by atoms with Gasteiger partial charge in [0.05, 0.1) is 11.3 Å². The van der Waals surface area contributed by atoms with Crippen LogP contribution in [0.25, 0.3) is 0 Å². The average molecular weight is 244 g/mol. The minimum absolute atomic E-state index is 0.0425. The lowest BCUT2D eigenvalue weighted by Gasteiger charge is -2.12. The molecule has 90 valence electrons. The van der Waals surface area contributed by atoms with E-state index in [1.54, 1.807) is 0 Å². The number of nitrogens with two attached hydrogens (primary N) is 1. The van der Waals surface area contributed by atoms with Crippen LogP contribution in [-0.4, -0.2) is 4.98 Å². The Morgan fingerprint density at radius 1 is 1.00 bits per heavy atom. The van der Waals surface area contributed by atoms with E-state index < -0.39 is 35.8 Å². The molecule has 0 bridgehead atoms. The summed E-state index contributed by atoms with van der Waals surface area (Å²) in [5.74, 6) is 0. The van der Waals surface area contributed by atoms with Crippen LogP contribution >= 0.6 is 0 Å². The Balaban J connectivity index is 3.33. The maximum absolute atomic E-state index is 12.2. The molecule has 0 spiro atoms. The fourth-order valence-corrected chi connectivity index (χ4v) is 1.00. The molecule has 0 saturated heterocycles. The van der Waals surface area contributed by atoms with E-state index in [4.69, 9.17) is 5.73 Å². The van der Waals surface area contributed by atoms with Gasteiger partial charge in [-0.2, -0.15) is 26.3 Å². The van der Waals surface area contributed by atoms with E-state index in [9.17, 15) is 26.3 Å². The molecule has 2 N–H and O–H groups in total. The molecule has 0 atom stereocenters. The fourth-order valence-electron chi connectivity index (χ4n) is 1.00. The smallest absolute Gasteiger partial charge is 0.325 e. The van der Waals surface area contributed by atoms with Crippen LogP contribution in [0.1, 0.15) is 17.0 Å². The molecule has 0 aliphatic rings. The molecular formula is C8H6F6N2. The minimum atomic E-state index is -4.93. The lowest BCUT2D eigenvalue weighted by atomic mass is 10.1. The lowest BCUT2D eigenvalue weighted by Crippen LogP contribution is -2.15. The Hall–Kier alpha value is -1.31. The van der Waals surface area contributed by atoms with E-state index >= 15 is 0 Å². The second kappa shape index (κ2) is 3.93. The van der Waals surface area contributed by atoms with E-state index in [0.29, 0.717) is 6.07 Å². The van der Waals surface area contributed by atoms with Crippen LogP contribution in [-0.2, 0) is 18.9 Å². The van der Waals surface area contributed by atoms with Gasteiger partial charge in [0.15, 0.2) is 0 Å². The van der Waals surface area contributed by atoms with Crippen LogP contribution in [0.3, 0.4) is 0 Å². The predicted octanol–water partition coefficient (Wildman–Crippen LogP) is 2.58. The summed E-state index contributed by atoms with van der Waals surface area (Å²) >= 11 is 0. The third-order valence-electron chi connectivity index (χ3n) is 1.71. The SMILES string of the molecule is NCc1cc(C(F)(F)F)cc(C(F)(F)F)n1.